The quantitative estimate of drug-likeness (QED) is 0.207. The number of hydrogen-bond donors (Lipinski definition) is 0. The van der Waals surface area contributed by atoms with Crippen LogP contribution >= 0.6 is 11.6 Å². The summed E-state index contributed by atoms with van der Waals surface area (Å²) in [5.74, 6) is 0.457. The highest BCUT2D eigenvalue weighted by atomic mass is 35.5. The zero-order chi connectivity index (χ0) is 23.9. The number of ether oxygens (including phenoxy) is 1. The molecule has 5 rings (SSSR count). The summed E-state index contributed by atoms with van der Waals surface area (Å²) >= 11 is 6.18. The fourth-order valence-electron chi connectivity index (χ4n) is 4.18. The third kappa shape index (κ3) is 4.67. The van der Waals surface area contributed by atoms with E-state index >= 15 is 0 Å². The molecule has 1 aliphatic carbocycles. The Morgan fingerprint density at radius 2 is 1.85 bits per heavy atom. The zero-order valence-electron chi connectivity index (χ0n) is 19.8. The minimum absolute atomic E-state index is 0.438. The maximum Gasteiger partial charge on any atom is 0.144 e. The van der Waals surface area contributed by atoms with Crippen molar-refractivity contribution in [1.29, 1.82) is 5.26 Å². The number of nitrogens with zero attached hydrogens (tertiary/aromatic N) is 5. The zero-order valence-corrected chi connectivity index (χ0v) is 21.5. The molecule has 3 aromatic heterocycles. The van der Waals surface area contributed by atoms with E-state index in [2.05, 4.69) is 36.8 Å². The summed E-state index contributed by atoms with van der Waals surface area (Å²) in [5.41, 5.74) is 6.50. The fraction of sp³-hybridized carbons (Fsp3) is 0.346. The number of halogens is 1. The Morgan fingerprint density at radius 1 is 1.12 bits per heavy atom. The third-order valence-electron chi connectivity index (χ3n) is 6.19. The highest BCUT2D eigenvalue weighted by Crippen LogP contribution is 2.47. The van der Waals surface area contributed by atoms with Gasteiger partial charge in [0.25, 0.3) is 0 Å². The smallest absolute Gasteiger partial charge is 0.144 e. The maximum atomic E-state index is 9.53. The van der Waals surface area contributed by atoms with Crippen LogP contribution in [0.1, 0.15) is 30.1 Å². The van der Waals surface area contributed by atoms with Crippen LogP contribution in [0.5, 0.6) is 0 Å². The average Bonchev–Trinajstić information content (AvgIpc) is 3.45. The number of hydrogen-bond acceptors (Lipinski definition) is 4. The van der Waals surface area contributed by atoms with Gasteiger partial charge in [0.1, 0.15) is 29.8 Å². The number of pyridine rings is 1. The topological polar surface area (TPSA) is 68.1 Å². The molecule has 34 heavy (non-hydrogen) atoms. The predicted octanol–water partition coefficient (Wildman–Crippen LogP) is 6.58. The van der Waals surface area contributed by atoms with Gasteiger partial charge in [-0.1, -0.05) is 43.4 Å². The number of rotatable bonds is 8. The van der Waals surface area contributed by atoms with Gasteiger partial charge < -0.3 is 4.74 Å². The molecule has 0 amide bonds. The number of imidazole rings is 1. The first-order chi connectivity index (χ1) is 16.3. The Labute approximate surface area is 205 Å². The molecule has 1 fully saturated rings. The van der Waals surface area contributed by atoms with Crippen LogP contribution in [0.15, 0.2) is 48.8 Å². The monoisotopic (exact) mass is 489 g/mol. The van der Waals surface area contributed by atoms with Crippen LogP contribution in [-0.2, 0) is 11.5 Å². The van der Waals surface area contributed by atoms with Crippen LogP contribution in [0.3, 0.4) is 0 Å². The molecule has 0 spiro atoms. The van der Waals surface area contributed by atoms with Gasteiger partial charge in [0, 0.05) is 48.5 Å². The van der Waals surface area contributed by atoms with E-state index in [1.54, 1.807) is 6.20 Å². The van der Waals surface area contributed by atoms with Gasteiger partial charge in [-0.25, -0.2) is 9.67 Å². The highest BCUT2D eigenvalue weighted by Gasteiger charge is 2.33. The van der Waals surface area contributed by atoms with Crippen LogP contribution in [-0.4, -0.2) is 33.8 Å². The first-order valence-corrected chi connectivity index (χ1v) is 15.7. The van der Waals surface area contributed by atoms with E-state index in [1.165, 1.54) is 5.69 Å². The molecule has 0 atom stereocenters. The van der Waals surface area contributed by atoms with Gasteiger partial charge in [-0.3, -0.25) is 4.40 Å². The SMILES string of the molecule is C[Si](C)(C)CCOCn1nc(-c2ccc(Cl)cc2)c(-c2ccc3ncc(C#N)n3c2)c1C1CC1. The Hall–Kier alpha value is -2.92. The van der Waals surface area contributed by atoms with Crippen molar-refractivity contribution in [3.63, 3.8) is 0 Å². The average molecular weight is 490 g/mol. The number of benzene rings is 1. The van der Waals surface area contributed by atoms with E-state index in [4.69, 9.17) is 21.4 Å². The van der Waals surface area contributed by atoms with Crippen molar-refractivity contribution in [3.05, 3.63) is 65.2 Å². The first-order valence-electron chi connectivity index (χ1n) is 11.7. The molecule has 0 aliphatic heterocycles. The second kappa shape index (κ2) is 9.03. The lowest BCUT2D eigenvalue weighted by atomic mass is 9.98. The van der Waals surface area contributed by atoms with Gasteiger partial charge in [0.05, 0.1) is 11.9 Å². The maximum absolute atomic E-state index is 9.53. The molecular weight excluding hydrogens is 462 g/mol. The van der Waals surface area contributed by atoms with E-state index in [1.807, 2.05) is 45.6 Å². The largest absolute Gasteiger partial charge is 0.360 e. The minimum Gasteiger partial charge on any atom is -0.360 e. The summed E-state index contributed by atoms with van der Waals surface area (Å²) < 4.78 is 10.0. The molecule has 0 saturated heterocycles. The normalized spacial score (nSPS) is 14.0. The Balaban J connectivity index is 1.62. The summed E-state index contributed by atoms with van der Waals surface area (Å²) in [6.45, 7) is 8.26. The van der Waals surface area contributed by atoms with Crippen molar-refractivity contribution in [3.8, 4) is 28.5 Å². The minimum atomic E-state index is -1.17. The first kappa shape index (κ1) is 22.8. The van der Waals surface area contributed by atoms with E-state index < -0.39 is 8.07 Å². The van der Waals surface area contributed by atoms with Crippen molar-refractivity contribution in [2.24, 2.45) is 0 Å². The number of aromatic nitrogens is 4. The molecule has 0 radical (unpaired) electrons. The molecule has 174 valence electrons. The fourth-order valence-corrected chi connectivity index (χ4v) is 5.06. The molecule has 1 aromatic carbocycles. The van der Waals surface area contributed by atoms with Crippen LogP contribution in [0, 0.1) is 11.3 Å². The van der Waals surface area contributed by atoms with Crippen LogP contribution in [0.4, 0.5) is 0 Å². The summed E-state index contributed by atoms with van der Waals surface area (Å²) in [7, 11) is -1.17. The van der Waals surface area contributed by atoms with Crippen molar-refractivity contribution in [2.45, 2.75) is 51.2 Å². The third-order valence-corrected chi connectivity index (χ3v) is 8.15. The molecule has 0 bridgehead atoms. The van der Waals surface area contributed by atoms with Gasteiger partial charge in [-0.15, -0.1) is 0 Å². The van der Waals surface area contributed by atoms with Crippen LogP contribution in [0.2, 0.25) is 30.7 Å². The van der Waals surface area contributed by atoms with Gasteiger partial charge in [0.15, 0.2) is 0 Å². The van der Waals surface area contributed by atoms with Crippen molar-refractivity contribution in [1.82, 2.24) is 19.2 Å². The molecule has 3 heterocycles. The molecule has 8 heteroatoms. The highest BCUT2D eigenvalue weighted by molar-refractivity contribution is 6.76. The van der Waals surface area contributed by atoms with Gasteiger partial charge in [-0.05, 0) is 43.2 Å². The Morgan fingerprint density at radius 3 is 2.53 bits per heavy atom. The molecule has 4 aromatic rings. The summed E-state index contributed by atoms with van der Waals surface area (Å²) in [6, 6.07) is 15.2. The van der Waals surface area contributed by atoms with E-state index in [-0.39, 0.29) is 0 Å². The summed E-state index contributed by atoms with van der Waals surface area (Å²) in [5, 5.41) is 15.3. The summed E-state index contributed by atoms with van der Waals surface area (Å²) in [6.07, 6.45) is 5.89. The van der Waals surface area contributed by atoms with Crippen LogP contribution < -0.4 is 0 Å². The van der Waals surface area contributed by atoms with Gasteiger partial charge >= 0.3 is 0 Å². The molecule has 0 N–H and O–H groups in total. The van der Waals surface area contributed by atoms with Crippen LogP contribution in [0.25, 0.3) is 28.0 Å². The molecule has 0 unspecified atom stereocenters. The van der Waals surface area contributed by atoms with Crippen molar-refractivity contribution in [2.75, 3.05) is 6.61 Å². The van der Waals surface area contributed by atoms with E-state index in [0.717, 1.165) is 53.5 Å². The second-order valence-electron chi connectivity index (χ2n) is 10.1. The predicted molar refractivity (Wildman–Crippen MR) is 138 cm³/mol. The van der Waals surface area contributed by atoms with Gasteiger partial charge in [-0.2, -0.15) is 10.4 Å². The van der Waals surface area contributed by atoms with Crippen molar-refractivity contribution < 1.29 is 4.74 Å². The molecule has 6 nitrogen and oxygen atoms in total. The summed E-state index contributed by atoms with van der Waals surface area (Å²) in [4.78, 5) is 4.35. The van der Waals surface area contributed by atoms with E-state index in [0.29, 0.717) is 23.4 Å². The Kier molecular flexibility index (Phi) is 6.07. The lowest BCUT2D eigenvalue weighted by molar-refractivity contribution is 0.0767. The molecule has 1 aliphatic rings. The Bertz CT molecular complexity index is 1370. The lowest BCUT2D eigenvalue weighted by Gasteiger charge is -2.16. The van der Waals surface area contributed by atoms with Gasteiger partial charge in [0.2, 0.25) is 0 Å². The molecular formula is C26H28ClN5OSi. The number of fused-ring (bicyclic) bond motifs is 1. The second-order valence-corrected chi connectivity index (χ2v) is 16.2. The number of nitriles is 1. The molecule has 1 saturated carbocycles. The van der Waals surface area contributed by atoms with E-state index in [9.17, 15) is 5.26 Å². The standard InChI is InChI=1S/C26H28ClN5OSi/c1-34(2,3)13-12-33-17-32-26(19-4-5-19)24(25(30-32)18-6-9-21(27)10-7-18)20-8-11-23-29-15-22(14-28)31(23)16-20/h6-11,15-16,19H,4-5,12-13,17H2,1-3H3. The van der Waals surface area contributed by atoms with Crippen molar-refractivity contribution >= 4 is 25.3 Å². The lowest BCUT2D eigenvalue weighted by Crippen LogP contribution is -2.22.